The van der Waals surface area contributed by atoms with Crippen molar-refractivity contribution in [1.82, 2.24) is 10.2 Å². The molecule has 0 spiro atoms. The molecule has 2 saturated heterocycles. The maximum absolute atomic E-state index is 12.6. The van der Waals surface area contributed by atoms with Crippen molar-refractivity contribution in [2.45, 2.75) is 44.4 Å². The van der Waals surface area contributed by atoms with Gasteiger partial charge in [-0.15, -0.1) is 0 Å². The van der Waals surface area contributed by atoms with Crippen molar-refractivity contribution in [2.75, 3.05) is 26.3 Å². The van der Waals surface area contributed by atoms with Gasteiger partial charge in [0.2, 0.25) is 0 Å². The number of fused-ring (bicyclic) bond motifs is 1. The Kier molecular flexibility index (Phi) is 4.56. The summed E-state index contributed by atoms with van der Waals surface area (Å²) in [6.45, 7) is 5.25. The summed E-state index contributed by atoms with van der Waals surface area (Å²) in [6.07, 6.45) is 3.56. The second-order valence-corrected chi connectivity index (χ2v) is 7.63. The predicted molar refractivity (Wildman–Crippen MR) is 93.0 cm³/mol. The number of amides is 1. The molecule has 6 nitrogen and oxygen atoms in total. The highest BCUT2D eigenvalue weighted by atomic mass is 16.5. The Morgan fingerprint density at radius 3 is 3.00 bits per heavy atom. The summed E-state index contributed by atoms with van der Waals surface area (Å²) in [5.41, 5.74) is 0.445. The van der Waals surface area contributed by atoms with Gasteiger partial charge in [-0.25, -0.2) is 0 Å². The summed E-state index contributed by atoms with van der Waals surface area (Å²) in [7, 11) is 0. The fourth-order valence-electron chi connectivity index (χ4n) is 3.71. The minimum absolute atomic E-state index is 0.0597. The van der Waals surface area contributed by atoms with E-state index in [1.165, 1.54) is 18.9 Å². The van der Waals surface area contributed by atoms with Crippen LogP contribution in [0.15, 0.2) is 18.2 Å². The number of benzene rings is 1. The quantitative estimate of drug-likeness (QED) is 0.850. The van der Waals surface area contributed by atoms with Gasteiger partial charge in [-0.1, -0.05) is 0 Å². The molecule has 4 rings (SSSR count). The van der Waals surface area contributed by atoms with Crippen LogP contribution in [0.3, 0.4) is 0 Å². The number of carbonyl (C=O) groups excluding carboxylic acids is 1. The second kappa shape index (κ2) is 6.84. The summed E-state index contributed by atoms with van der Waals surface area (Å²) < 4.78 is 11.4. The Balaban J connectivity index is 1.37. The van der Waals surface area contributed by atoms with Crippen molar-refractivity contribution in [3.63, 3.8) is 0 Å². The summed E-state index contributed by atoms with van der Waals surface area (Å²) in [5, 5.41) is 13.0. The molecule has 2 heterocycles. The molecular weight excluding hydrogens is 320 g/mol. The zero-order valence-electron chi connectivity index (χ0n) is 14.6. The molecule has 1 amide bonds. The summed E-state index contributed by atoms with van der Waals surface area (Å²) in [5.74, 6) is 1.08. The van der Waals surface area contributed by atoms with Gasteiger partial charge in [-0.2, -0.15) is 0 Å². The molecule has 3 fully saturated rings. The summed E-state index contributed by atoms with van der Waals surface area (Å²) >= 11 is 0. The highest BCUT2D eigenvalue weighted by molar-refractivity contribution is 5.95. The van der Waals surface area contributed by atoms with Crippen LogP contribution in [0.4, 0.5) is 0 Å². The van der Waals surface area contributed by atoms with E-state index in [1.807, 2.05) is 0 Å². The molecule has 0 aromatic heterocycles. The lowest BCUT2D eigenvalue weighted by Crippen LogP contribution is -2.45. The van der Waals surface area contributed by atoms with Crippen molar-refractivity contribution in [3.8, 4) is 11.5 Å². The lowest BCUT2D eigenvalue weighted by molar-refractivity contribution is -0.0390. The molecule has 3 atom stereocenters. The number of nitrogens with zero attached hydrogens (tertiary/aromatic N) is 1. The van der Waals surface area contributed by atoms with Gasteiger partial charge in [-0.3, -0.25) is 9.69 Å². The molecule has 2 N–H and O–H groups in total. The standard InChI is InChI=1S/C19H26N2O4/c1-12-8-21-9-15(6-16(21)11-24-12)20-19(23)14-4-17(22)7-18(5-14)25-10-13-2-3-13/h4-5,7,12-13,15-16,22H,2-3,6,8-11H2,1H3,(H,20,23)/t12-,15-,16-/m0/s1. The van der Waals surface area contributed by atoms with E-state index in [4.69, 9.17) is 9.47 Å². The maximum atomic E-state index is 12.6. The van der Waals surface area contributed by atoms with E-state index >= 15 is 0 Å². The van der Waals surface area contributed by atoms with E-state index in [2.05, 4.69) is 17.1 Å². The van der Waals surface area contributed by atoms with Crippen LogP contribution in [0.1, 0.15) is 36.5 Å². The molecule has 1 saturated carbocycles. The molecule has 0 unspecified atom stereocenters. The van der Waals surface area contributed by atoms with Crippen LogP contribution in [0.25, 0.3) is 0 Å². The summed E-state index contributed by atoms with van der Waals surface area (Å²) in [6, 6.07) is 5.28. The first-order chi connectivity index (χ1) is 12.1. The lowest BCUT2D eigenvalue weighted by Gasteiger charge is -2.33. The third-order valence-corrected chi connectivity index (χ3v) is 5.26. The van der Waals surface area contributed by atoms with Gasteiger partial charge < -0.3 is 19.9 Å². The number of rotatable bonds is 5. The molecular formula is C19H26N2O4. The number of nitrogens with one attached hydrogen (secondary N) is 1. The van der Waals surface area contributed by atoms with Crippen molar-refractivity contribution in [1.29, 1.82) is 0 Å². The Bertz CT molecular complexity index is 646. The predicted octanol–water partition coefficient (Wildman–Crippen LogP) is 1.77. The molecule has 0 radical (unpaired) electrons. The Morgan fingerprint density at radius 1 is 1.36 bits per heavy atom. The molecule has 1 aromatic carbocycles. The first-order valence-electron chi connectivity index (χ1n) is 9.20. The molecule has 0 bridgehead atoms. The van der Waals surface area contributed by atoms with Crippen molar-refractivity contribution in [3.05, 3.63) is 23.8 Å². The van der Waals surface area contributed by atoms with Crippen LogP contribution >= 0.6 is 0 Å². The monoisotopic (exact) mass is 346 g/mol. The van der Waals surface area contributed by atoms with E-state index < -0.39 is 0 Å². The van der Waals surface area contributed by atoms with Crippen LogP contribution < -0.4 is 10.1 Å². The number of morpholine rings is 1. The molecule has 136 valence electrons. The molecule has 2 aliphatic heterocycles. The van der Waals surface area contributed by atoms with E-state index in [0.717, 1.165) is 26.1 Å². The van der Waals surface area contributed by atoms with Crippen molar-refractivity contribution < 1.29 is 19.4 Å². The first kappa shape index (κ1) is 16.7. The lowest BCUT2D eigenvalue weighted by atomic mass is 10.1. The second-order valence-electron chi connectivity index (χ2n) is 7.63. The molecule has 6 heteroatoms. The van der Waals surface area contributed by atoms with Gasteiger partial charge in [0.25, 0.3) is 5.91 Å². The van der Waals surface area contributed by atoms with Gasteiger partial charge in [0.05, 0.1) is 19.3 Å². The highest BCUT2D eigenvalue weighted by Crippen LogP contribution is 2.31. The molecule has 1 aliphatic carbocycles. The van der Waals surface area contributed by atoms with E-state index in [1.54, 1.807) is 12.1 Å². The zero-order chi connectivity index (χ0) is 17.4. The minimum Gasteiger partial charge on any atom is -0.508 e. The smallest absolute Gasteiger partial charge is 0.251 e. The highest BCUT2D eigenvalue weighted by Gasteiger charge is 2.36. The molecule has 3 aliphatic rings. The minimum atomic E-state index is -0.161. The average Bonchev–Trinajstić information content (AvgIpc) is 3.32. The number of ether oxygens (including phenoxy) is 2. The van der Waals surface area contributed by atoms with Gasteiger partial charge in [0.1, 0.15) is 11.5 Å². The first-order valence-corrected chi connectivity index (χ1v) is 9.20. The Morgan fingerprint density at radius 2 is 2.20 bits per heavy atom. The van der Waals surface area contributed by atoms with E-state index in [-0.39, 0.29) is 23.8 Å². The van der Waals surface area contributed by atoms with Crippen molar-refractivity contribution >= 4 is 5.91 Å². The number of hydrogen-bond donors (Lipinski definition) is 2. The van der Waals surface area contributed by atoms with Gasteiger partial charge in [0, 0.05) is 36.8 Å². The normalized spacial score (nSPS) is 29.2. The van der Waals surface area contributed by atoms with Crippen LogP contribution in [-0.4, -0.2) is 60.4 Å². The van der Waals surface area contributed by atoms with E-state index in [9.17, 15) is 9.90 Å². The Hall–Kier alpha value is -1.79. The third-order valence-electron chi connectivity index (χ3n) is 5.26. The van der Waals surface area contributed by atoms with Gasteiger partial charge >= 0.3 is 0 Å². The fourth-order valence-corrected chi connectivity index (χ4v) is 3.71. The number of aromatic hydroxyl groups is 1. The molecule has 1 aromatic rings. The number of hydrogen-bond acceptors (Lipinski definition) is 5. The number of phenols is 1. The van der Waals surface area contributed by atoms with Gasteiger partial charge in [0.15, 0.2) is 0 Å². The summed E-state index contributed by atoms with van der Waals surface area (Å²) in [4.78, 5) is 15.0. The topological polar surface area (TPSA) is 71.0 Å². The SMILES string of the molecule is C[C@H]1CN2C[C@@H](NC(=O)c3cc(O)cc(OCC4CC4)c3)C[C@H]2CO1. The van der Waals surface area contributed by atoms with Gasteiger partial charge in [-0.05, 0) is 44.2 Å². The third kappa shape index (κ3) is 4.07. The fraction of sp³-hybridized carbons (Fsp3) is 0.632. The largest absolute Gasteiger partial charge is 0.508 e. The van der Waals surface area contributed by atoms with E-state index in [0.29, 0.717) is 29.9 Å². The average molecular weight is 346 g/mol. The maximum Gasteiger partial charge on any atom is 0.251 e. The molecule has 25 heavy (non-hydrogen) atoms. The van der Waals surface area contributed by atoms with Crippen LogP contribution in [-0.2, 0) is 4.74 Å². The van der Waals surface area contributed by atoms with Crippen LogP contribution in [0, 0.1) is 5.92 Å². The number of carbonyl (C=O) groups is 1. The van der Waals surface area contributed by atoms with Crippen molar-refractivity contribution in [2.24, 2.45) is 5.92 Å². The zero-order valence-corrected chi connectivity index (χ0v) is 14.6. The number of phenolic OH excluding ortho intramolecular Hbond substituents is 1. The van der Waals surface area contributed by atoms with Crippen LogP contribution in [0.5, 0.6) is 11.5 Å². The Labute approximate surface area is 148 Å². The van der Waals surface area contributed by atoms with Crippen LogP contribution in [0.2, 0.25) is 0 Å².